The van der Waals surface area contributed by atoms with Crippen LogP contribution in [-0.2, 0) is 10.9 Å². The summed E-state index contributed by atoms with van der Waals surface area (Å²) in [6.45, 7) is 2.28. The van der Waals surface area contributed by atoms with Gasteiger partial charge in [-0.1, -0.05) is 0 Å². The Hall–Kier alpha value is -2.52. The first kappa shape index (κ1) is 23.2. The highest BCUT2D eigenvalue weighted by atomic mass is 19.4. The number of anilines is 2. The molecule has 9 heteroatoms. The first-order valence-electron chi connectivity index (χ1n) is 11.9. The summed E-state index contributed by atoms with van der Waals surface area (Å²) in [6.07, 6.45) is 0.224. The largest absolute Gasteiger partial charge is 0.456 e. The molecule has 1 aromatic carbocycles. The number of rotatable bonds is 5. The summed E-state index contributed by atoms with van der Waals surface area (Å²) in [5.41, 5.74) is -0.933. The SMILES string of the molecule is O=C(Nc1cc(C(F)(F)F)ccc1N1CCC(O)(C2CC2)CC1)c1ccc(C2CCOCC2)o1. The second kappa shape index (κ2) is 8.92. The summed E-state index contributed by atoms with van der Waals surface area (Å²) >= 11 is 0. The van der Waals surface area contributed by atoms with Gasteiger partial charge in [0.1, 0.15) is 5.76 Å². The predicted octanol–water partition coefficient (Wildman–Crippen LogP) is 5.19. The number of amides is 1. The van der Waals surface area contributed by atoms with E-state index in [4.69, 9.17) is 9.15 Å². The zero-order valence-corrected chi connectivity index (χ0v) is 18.9. The number of aliphatic hydroxyl groups is 1. The first-order chi connectivity index (χ1) is 16.2. The molecule has 1 saturated carbocycles. The first-order valence-corrected chi connectivity index (χ1v) is 11.9. The summed E-state index contributed by atoms with van der Waals surface area (Å²) in [4.78, 5) is 14.9. The molecule has 34 heavy (non-hydrogen) atoms. The van der Waals surface area contributed by atoms with E-state index in [9.17, 15) is 23.1 Å². The van der Waals surface area contributed by atoms with Crippen LogP contribution in [0.3, 0.4) is 0 Å². The second-order valence-corrected chi connectivity index (χ2v) is 9.64. The molecule has 0 bridgehead atoms. The average molecular weight is 479 g/mol. The maximum absolute atomic E-state index is 13.4. The highest BCUT2D eigenvalue weighted by Crippen LogP contribution is 2.46. The van der Waals surface area contributed by atoms with Gasteiger partial charge in [0.2, 0.25) is 0 Å². The average Bonchev–Trinajstić information content (AvgIpc) is 3.57. The predicted molar refractivity (Wildman–Crippen MR) is 120 cm³/mol. The molecule has 3 heterocycles. The van der Waals surface area contributed by atoms with Crippen molar-refractivity contribution in [1.82, 2.24) is 0 Å². The van der Waals surface area contributed by atoms with Gasteiger partial charge in [-0.25, -0.2) is 0 Å². The Morgan fingerprint density at radius 1 is 1.06 bits per heavy atom. The molecule has 0 spiro atoms. The number of hydrogen-bond donors (Lipinski definition) is 2. The summed E-state index contributed by atoms with van der Waals surface area (Å²) in [5, 5.41) is 13.5. The molecule has 0 atom stereocenters. The lowest BCUT2D eigenvalue weighted by Gasteiger charge is -2.40. The number of furan rings is 1. The van der Waals surface area contributed by atoms with Crippen molar-refractivity contribution in [1.29, 1.82) is 0 Å². The Morgan fingerprint density at radius 2 is 1.76 bits per heavy atom. The van der Waals surface area contributed by atoms with Crippen molar-refractivity contribution in [2.45, 2.75) is 56.2 Å². The van der Waals surface area contributed by atoms with E-state index in [-0.39, 0.29) is 17.4 Å². The van der Waals surface area contributed by atoms with Gasteiger partial charge in [0.15, 0.2) is 5.76 Å². The minimum atomic E-state index is -4.53. The summed E-state index contributed by atoms with van der Waals surface area (Å²) in [7, 11) is 0. The molecule has 2 N–H and O–H groups in total. The van der Waals surface area contributed by atoms with E-state index in [1.165, 1.54) is 6.07 Å². The summed E-state index contributed by atoms with van der Waals surface area (Å²) < 4.78 is 51.4. The Bertz CT molecular complexity index is 1030. The fourth-order valence-electron chi connectivity index (χ4n) is 5.11. The van der Waals surface area contributed by atoms with Crippen molar-refractivity contribution in [3.05, 3.63) is 47.4 Å². The smallest absolute Gasteiger partial charge is 0.416 e. The van der Waals surface area contributed by atoms with Gasteiger partial charge in [-0.2, -0.15) is 13.2 Å². The van der Waals surface area contributed by atoms with E-state index in [0.29, 0.717) is 56.5 Å². The third-order valence-electron chi connectivity index (χ3n) is 7.35. The van der Waals surface area contributed by atoms with Crippen LogP contribution >= 0.6 is 0 Å². The van der Waals surface area contributed by atoms with Crippen LogP contribution in [0.15, 0.2) is 34.7 Å². The van der Waals surface area contributed by atoms with Crippen molar-refractivity contribution in [2.24, 2.45) is 5.92 Å². The lowest BCUT2D eigenvalue weighted by Crippen LogP contribution is -2.46. The number of carbonyl (C=O) groups is 1. The lowest BCUT2D eigenvalue weighted by molar-refractivity contribution is -0.137. The van der Waals surface area contributed by atoms with Crippen molar-refractivity contribution in [3.63, 3.8) is 0 Å². The number of nitrogens with zero attached hydrogens (tertiary/aromatic N) is 1. The monoisotopic (exact) mass is 478 g/mol. The molecule has 2 aromatic rings. The molecule has 0 unspecified atom stereocenters. The normalized spacial score (nSPS) is 21.5. The Labute approximate surface area is 196 Å². The van der Waals surface area contributed by atoms with Crippen LogP contribution in [-0.4, -0.2) is 42.9 Å². The van der Waals surface area contributed by atoms with Crippen molar-refractivity contribution >= 4 is 17.3 Å². The minimum absolute atomic E-state index is 0.0617. The molecule has 6 nitrogen and oxygen atoms in total. The van der Waals surface area contributed by atoms with Crippen LogP contribution in [0.4, 0.5) is 24.5 Å². The molecule has 2 saturated heterocycles. The van der Waals surface area contributed by atoms with Crippen LogP contribution in [0.25, 0.3) is 0 Å². The highest BCUT2D eigenvalue weighted by molar-refractivity contribution is 6.04. The topological polar surface area (TPSA) is 74.9 Å². The van der Waals surface area contributed by atoms with Crippen LogP contribution < -0.4 is 10.2 Å². The number of benzene rings is 1. The van der Waals surface area contributed by atoms with Gasteiger partial charge in [-0.3, -0.25) is 4.79 Å². The number of alkyl halides is 3. The molecule has 2 aliphatic heterocycles. The Balaban J connectivity index is 1.36. The van der Waals surface area contributed by atoms with Crippen LogP contribution in [0, 0.1) is 5.92 Å². The molecule has 3 fully saturated rings. The van der Waals surface area contributed by atoms with Gasteiger partial charge in [-0.05, 0) is 74.8 Å². The Kier molecular flexibility index (Phi) is 6.10. The van der Waals surface area contributed by atoms with E-state index in [2.05, 4.69) is 5.32 Å². The quantitative estimate of drug-likeness (QED) is 0.619. The van der Waals surface area contributed by atoms with E-state index in [0.717, 1.165) is 37.8 Å². The molecule has 184 valence electrons. The maximum atomic E-state index is 13.4. The third kappa shape index (κ3) is 4.81. The van der Waals surface area contributed by atoms with E-state index >= 15 is 0 Å². The fraction of sp³-hybridized carbons (Fsp3) is 0.560. The molecule has 1 amide bonds. The lowest BCUT2D eigenvalue weighted by atomic mass is 9.86. The number of nitrogens with one attached hydrogen (secondary N) is 1. The van der Waals surface area contributed by atoms with Gasteiger partial charge >= 0.3 is 6.18 Å². The van der Waals surface area contributed by atoms with E-state index in [1.54, 1.807) is 12.1 Å². The number of halogens is 3. The third-order valence-corrected chi connectivity index (χ3v) is 7.35. The van der Waals surface area contributed by atoms with Crippen LogP contribution in [0.5, 0.6) is 0 Å². The summed E-state index contributed by atoms with van der Waals surface area (Å²) in [6, 6.07) is 6.71. The summed E-state index contributed by atoms with van der Waals surface area (Å²) in [5.74, 6) is 0.647. The molecule has 3 aliphatic rings. The van der Waals surface area contributed by atoms with Crippen LogP contribution in [0.1, 0.15) is 66.3 Å². The van der Waals surface area contributed by atoms with Gasteiger partial charge in [-0.15, -0.1) is 0 Å². The Morgan fingerprint density at radius 3 is 2.41 bits per heavy atom. The van der Waals surface area contributed by atoms with Crippen molar-refractivity contribution < 1.29 is 32.2 Å². The highest BCUT2D eigenvalue weighted by Gasteiger charge is 2.45. The van der Waals surface area contributed by atoms with E-state index in [1.807, 2.05) is 4.90 Å². The van der Waals surface area contributed by atoms with E-state index < -0.39 is 23.2 Å². The second-order valence-electron chi connectivity index (χ2n) is 9.64. The molecule has 5 rings (SSSR count). The van der Waals surface area contributed by atoms with Crippen molar-refractivity contribution in [3.8, 4) is 0 Å². The number of piperidine rings is 1. The zero-order chi connectivity index (χ0) is 23.9. The molecular weight excluding hydrogens is 449 g/mol. The molecule has 1 aromatic heterocycles. The minimum Gasteiger partial charge on any atom is -0.456 e. The zero-order valence-electron chi connectivity index (χ0n) is 18.9. The number of carbonyl (C=O) groups excluding carboxylic acids is 1. The fourth-order valence-corrected chi connectivity index (χ4v) is 5.11. The molecule has 1 aliphatic carbocycles. The van der Waals surface area contributed by atoms with Gasteiger partial charge in [0, 0.05) is 32.2 Å². The van der Waals surface area contributed by atoms with Crippen molar-refractivity contribution in [2.75, 3.05) is 36.5 Å². The van der Waals surface area contributed by atoms with Gasteiger partial charge in [0.25, 0.3) is 5.91 Å². The van der Waals surface area contributed by atoms with Crippen LogP contribution in [0.2, 0.25) is 0 Å². The molecular formula is C25H29F3N2O4. The number of ether oxygens (including phenoxy) is 1. The standard InChI is InChI=1S/C25H29F3N2O4/c26-25(27,28)18-3-4-20(30-11-9-24(32,10-12-30)17-1-2-17)19(15-18)29-23(31)22-6-5-21(34-22)16-7-13-33-14-8-16/h3-6,15-17,32H,1-2,7-14H2,(H,29,31). The van der Waals surface area contributed by atoms with Gasteiger partial charge < -0.3 is 24.5 Å². The molecule has 0 radical (unpaired) electrons. The number of hydrogen-bond acceptors (Lipinski definition) is 5. The van der Waals surface area contributed by atoms with Gasteiger partial charge in [0.05, 0.1) is 22.5 Å². The maximum Gasteiger partial charge on any atom is 0.416 e.